The summed E-state index contributed by atoms with van der Waals surface area (Å²) in [7, 11) is 0. The van der Waals surface area contributed by atoms with Crippen LogP contribution in [0, 0.1) is 10.1 Å². The summed E-state index contributed by atoms with van der Waals surface area (Å²) < 4.78 is 11.1. The van der Waals surface area contributed by atoms with Gasteiger partial charge in [-0.05, 0) is 38.3 Å². The molecule has 2 unspecified atom stereocenters. The molecule has 9 heteroatoms. The molecule has 178 valence electrons. The van der Waals surface area contributed by atoms with Gasteiger partial charge in [-0.3, -0.25) is 19.7 Å². The number of carbonyl (C=O) groups is 2. The van der Waals surface area contributed by atoms with Crippen molar-refractivity contribution in [3.05, 3.63) is 33.9 Å². The summed E-state index contributed by atoms with van der Waals surface area (Å²) in [4.78, 5) is 36.9. The second-order valence-electron chi connectivity index (χ2n) is 8.17. The number of hydrogen-bond acceptors (Lipinski definition) is 7. The fourth-order valence-electron chi connectivity index (χ4n) is 4.15. The maximum atomic E-state index is 13.1. The number of nitrogens with zero attached hydrogens (tertiary/aromatic N) is 2. The zero-order valence-corrected chi connectivity index (χ0v) is 19.1. The largest absolute Gasteiger partial charge is 0.494 e. The molecule has 1 N–H and O–H groups in total. The number of nitro benzene ring substituents is 1. The molecular formula is C23H34N2O7. The first kappa shape index (κ1) is 25.6. The Morgan fingerprint density at radius 2 is 1.97 bits per heavy atom. The quantitative estimate of drug-likeness (QED) is 0.176. The van der Waals surface area contributed by atoms with Crippen LogP contribution in [0.4, 0.5) is 5.69 Å². The maximum absolute atomic E-state index is 13.1. The molecule has 1 aliphatic rings. The van der Waals surface area contributed by atoms with E-state index in [-0.39, 0.29) is 36.2 Å². The molecule has 2 atom stereocenters. The zero-order valence-electron chi connectivity index (χ0n) is 19.1. The van der Waals surface area contributed by atoms with Gasteiger partial charge in [-0.25, -0.2) is 0 Å². The van der Waals surface area contributed by atoms with Gasteiger partial charge >= 0.3 is 5.97 Å². The first-order valence-electron chi connectivity index (χ1n) is 11.3. The van der Waals surface area contributed by atoms with Crippen LogP contribution in [0.25, 0.3) is 0 Å². The number of amides is 1. The maximum Gasteiger partial charge on any atom is 0.304 e. The predicted molar refractivity (Wildman–Crippen MR) is 118 cm³/mol. The second-order valence-corrected chi connectivity index (χ2v) is 8.17. The molecule has 0 aromatic heterocycles. The highest BCUT2D eigenvalue weighted by atomic mass is 16.6. The summed E-state index contributed by atoms with van der Waals surface area (Å²) in [6.45, 7) is 4.95. The zero-order chi connectivity index (χ0) is 23.7. The van der Waals surface area contributed by atoms with Crippen molar-refractivity contribution in [2.45, 2.75) is 90.5 Å². The number of hydrogen-bond donors (Lipinski definition) is 1. The van der Waals surface area contributed by atoms with Gasteiger partial charge in [-0.1, -0.05) is 26.2 Å². The van der Waals surface area contributed by atoms with Gasteiger partial charge in [-0.15, -0.1) is 0 Å². The fourth-order valence-corrected chi connectivity index (χ4v) is 4.15. The molecule has 0 aliphatic heterocycles. The van der Waals surface area contributed by atoms with E-state index >= 15 is 0 Å². The first-order valence-corrected chi connectivity index (χ1v) is 11.3. The van der Waals surface area contributed by atoms with E-state index in [0.717, 1.165) is 32.1 Å². The Balaban J connectivity index is 1.98. The molecule has 1 amide bonds. The molecule has 0 heterocycles. The van der Waals surface area contributed by atoms with Gasteiger partial charge in [0, 0.05) is 31.9 Å². The molecule has 0 bridgehead atoms. The molecule has 1 saturated carbocycles. The highest BCUT2D eigenvalue weighted by Crippen LogP contribution is 2.30. The number of rotatable bonds is 11. The third-order valence-corrected chi connectivity index (χ3v) is 5.67. The summed E-state index contributed by atoms with van der Waals surface area (Å²) in [5.74, 6) is -0.0720. The Kier molecular flexibility index (Phi) is 9.90. The minimum atomic E-state index is -1.00. The van der Waals surface area contributed by atoms with Gasteiger partial charge in [0.1, 0.15) is 5.75 Å². The van der Waals surface area contributed by atoms with Crippen LogP contribution in [0.3, 0.4) is 0 Å². The number of carbonyl (C=O) groups excluding carboxylic acids is 2. The van der Waals surface area contributed by atoms with Crippen LogP contribution >= 0.6 is 0 Å². The van der Waals surface area contributed by atoms with Crippen molar-refractivity contribution in [3.63, 3.8) is 0 Å². The van der Waals surface area contributed by atoms with Gasteiger partial charge in [0.2, 0.25) is 5.91 Å². The Morgan fingerprint density at radius 3 is 2.53 bits per heavy atom. The van der Waals surface area contributed by atoms with Gasteiger partial charge in [0.15, 0.2) is 6.23 Å². The van der Waals surface area contributed by atoms with Crippen molar-refractivity contribution >= 4 is 17.6 Å². The normalized spacial score (nSPS) is 16.1. The number of esters is 1. The predicted octanol–water partition coefficient (Wildman–Crippen LogP) is 4.27. The lowest BCUT2D eigenvalue weighted by Crippen LogP contribution is -2.49. The topological polar surface area (TPSA) is 119 Å². The Hall–Kier alpha value is -2.68. The van der Waals surface area contributed by atoms with Crippen LogP contribution in [0.15, 0.2) is 18.2 Å². The lowest BCUT2D eigenvalue weighted by Gasteiger charge is -2.39. The molecule has 2 rings (SSSR count). The van der Waals surface area contributed by atoms with E-state index in [2.05, 4.69) is 0 Å². The van der Waals surface area contributed by atoms with Crippen LogP contribution in [0.2, 0.25) is 0 Å². The number of aliphatic hydroxyl groups is 1. The first-order chi connectivity index (χ1) is 15.2. The van der Waals surface area contributed by atoms with Crippen LogP contribution in [-0.2, 0) is 14.3 Å². The summed E-state index contributed by atoms with van der Waals surface area (Å²) in [6.07, 6.45) is 4.73. The second kappa shape index (κ2) is 12.4. The summed E-state index contributed by atoms with van der Waals surface area (Å²) in [5, 5.41) is 20.9. The Bertz CT molecular complexity index is 791. The fraction of sp³-hybridized carbons (Fsp3) is 0.652. The molecule has 1 aliphatic carbocycles. The minimum Gasteiger partial charge on any atom is -0.494 e. The molecular weight excluding hydrogens is 416 g/mol. The van der Waals surface area contributed by atoms with Crippen molar-refractivity contribution in [2.75, 3.05) is 6.61 Å². The number of aliphatic hydroxyl groups excluding tert-OH is 1. The van der Waals surface area contributed by atoms with Crippen LogP contribution in [0.1, 0.15) is 83.8 Å². The third kappa shape index (κ3) is 7.19. The van der Waals surface area contributed by atoms with Gasteiger partial charge < -0.3 is 19.5 Å². The van der Waals surface area contributed by atoms with Crippen molar-refractivity contribution in [2.24, 2.45) is 0 Å². The van der Waals surface area contributed by atoms with Crippen molar-refractivity contribution in [1.29, 1.82) is 0 Å². The van der Waals surface area contributed by atoms with Gasteiger partial charge in [0.25, 0.3) is 5.69 Å². The highest BCUT2D eigenvalue weighted by molar-refractivity contribution is 5.77. The summed E-state index contributed by atoms with van der Waals surface area (Å²) in [6, 6.07) is 4.31. The van der Waals surface area contributed by atoms with Crippen LogP contribution in [0.5, 0.6) is 5.75 Å². The van der Waals surface area contributed by atoms with Crippen molar-refractivity contribution in [3.8, 4) is 5.75 Å². The van der Waals surface area contributed by atoms with E-state index < -0.39 is 23.2 Å². The minimum absolute atomic E-state index is 0.0676. The molecule has 0 saturated heterocycles. The van der Waals surface area contributed by atoms with Crippen molar-refractivity contribution in [1.82, 2.24) is 4.90 Å². The van der Waals surface area contributed by atoms with E-state index in [0.29, 0.717) is 18.6 Å². The third-order valence-electron chi connectivity index (χ3n) is 5.67. The van der Waals surface area contributed by atoms with E-state index in [4.69, 9.17) is 9.47 Å². The van der Waals surface area contributed by atoms with Crippen LogP contribution in [-0.4, -0.2) is 45.7 Å². The SMILES string of the molecule is CCC(OC(C)=O)N(C(=O)CCCOc1ccc([N+](=O)[O-])c(C(C)O)c1)C1CCCCC1. The Labute approximate surface area is 188 Å². The van der Waals surface area contributed by atoms with Gasteiger partial charge in [-0.2, -0.15) is 0 Å². The monoisotopic (exact) mass is 450 g/mol. The van der Waals surface area contributed by atoms with Crippen LogP contribution < -0.4 is 4.74 Å². The van der Waals surface area contributed by atoms with E-state index in [1.54, 1.807) is 4.90 Å². The molecule has 1 aromatic rings. The molecule has 0 radical (unpaired) electrons. The molecule has 1 fully saturated rings. The average Bonchev–Trinajstić information content (AvgIpc) is 2.76. The average molecular weight is 451 g/mol. The standard InChI is InChI=1S/C23H34N2O7/c1-4-23(32-17(3)27)24(18-9-6-5-7-10-18)22(28)11-8-14-31-19-12-13-21(25(29)30)20(15-19)16(2)26/h12-13,15-16,18,23,26H,4-11,14H2,1-3H3. The highest BCUT2D eigenvalue weighted by Gasteiger charge is 2.32. The molecule has 1 aromatic carbocycles. The van der Waals surface area contributed by atoms with E-state index in [1.807, 2.05) is 6.92 Å². The summed E-state index contributed by atoms with van der Waals surface area (Å²) >= 11 is 0. The molecule has 9 nitrogen and oxygen atoms in total. The Morgan fingerprint density at radius 1 is 1.28 bits per heavy atom. The molecule has 0 spiro atoms. The number of nitro groups is 1. The van der Waals surface area contributed by atoms with Crippen molar-refractivity contribution < 1.29 is 29.1 Å². The lowest BCUT2D eigenvalue weighted by atomic mass is 9.93. The van der Waals surface area contributed by atoms with Gasteiger partial charge in [0.05, 0.1) is 23.2 Å². The number of benzene rings is 1. The number of ether oxygens (including phenoxy) is 2. The van der Waals surface area contributed by atoms with E-state index in [9.17, 15) is 24.8 Å². The van der Waals surface area contributed by atoms with E-state index in [1.165, 1.54) is 32.0 Å². The summed E-state index contributed by atoms with van der Waals surface area (Å²) in [5.41, 5.74) is 0.0148. The molecule has 32 heavy (non-hydrogen) atoms. The lowest BCUT2D eigenvalue weighted by molar-refractivity contribution is -0.386. The smallest absolute Gasteiger partial charge is 0.304 e.